The molecule has 4 aromatic rings. The number of aromatic nitrogens is 5. The van der Waals surface area contributed by atoms with Crippen LogP contribution < -0.4 is 5.32 Å². The largest absolute Gasteiger partial charge is 0.433 e. The lowest BCUT2D eigenvalue weighted by atomic mass is 10.1. The number of fused-ring (bicyclic) bond motifs is 1. The van der Waals surface area contributed by atoms with Crippen LogP contribution in [-0.2, 0) is 12.7 Å². The zero-order valence-electron chi connectivity index (χ0n) is 16.4. The summed E-state index contributed by atoms with van der Waals surface area (Å²) in [4.78, 5) is 16.8. The summed E-state index contributed by atoms with van der Waals surface area (Å²) in [5.74, 6) is -0.682. The predicted molar refractivity (Wildman–Crippen MR) is 111 cm³/mol. The van der Waals surface area contributed by atoms with Gasteiger partial charge in [0.1, 0.15) is 5.69 Å². The lowest BCUT2D eigenvalue weighted by Gasteiger charge is -2.09. The van der Waals surface area contributed by atoms with Gasteiger partial charge in [-0.3, -0.25) is 9.48 Å². The van der Waals surface area contributed by atoms with E-state index in [1.807, 2.05) is 31.2 Å². The second-order valence-electron chi connectivity index (χ2n) is 7.05. The maximum atomic E-state index is 13.4. The number of hydrogen-bond acceptors (Lipinski definition) is 4. The number of alkyl halides is 3. The second kappa shape index (κ2) is 7.80. The third kappa shape index (κ3) is 4.31. The van der Waals surface area contributed by atoms with Crippen molar-refractivity contribution >= 4 is 33.2 Å². The second-order valence-corrected chi connectivity index (χ2v) is 7.84. The van der Waals surface area contributed by atoms with E-state index in [1.165, 1.54) is 13.1 Å². The van der Waals surface area contributed by atoms with Crippen molar-refractivity contribution in [3.05, 3.63) is 75.4 Å². The molecule has 1 aromatic carbocycles. The SMILES string of the molecule is Cc1cccc(Cn2cc(NC(=O)c3nn4c(C(F)(F)F)cc(C)nc4c3Br)cn2)c1. The van der Waals surface area contributed by atoms with Gasteiger partial charge in [0.2, 0.25) is 0 Å². The average molecular weight is 493 g/mol. The summed E-state index contributed by atoms with van der Waals surface area (Å²) in [6, 6.07) is 8.81. The van der Waals surface area contributed by atoms with Crippen LogP contribution in [0.15, 0.2) is 47.2 Å². The number of rotatable bonds is 4. The van der Waals surface area contributed by atoms with Crippen molar-refractivity contribution in [3.63, 3.8) is 0 Å². The van der Waals surface area contributed by atoms with Crippen molar-refractivity contribution < 1.29 is 18.0 Å². The molecule has 160 valence electrons. The first-order chi connectivity index (χ1) is 14.6. The lowest BCUT2D eigenvalue weighted by molar-refractivity contribution is -0.142. The summed E-state index contributed by atoms with van der Waals surface area (Å²) in [6.45, 7) is 3.94. The number of amides is 1. The first kappa shape index (κ1) is 21.0. The maximum Gasteiger partial charge on any atom is 0.433 e. The summed E-state index contributed by atoms with van der Waals surface area (Å²) in [5.41, 5.74) is 1.40. The molecule has 0 fully saturated rings. The molecule has 0 spiro atoms. The van der Waals surface area contributed by atoms with Crippen LogP contribution in [0.1, 0.15) is 33.0 Å². The van der Waals surface area contributed by atoms with Gasteiger partial charge in [-0.15, -0.1) is 0 Å². The van der Waals surface area contributed by atoms with Gasteiger partial charge in [-0.05, 0) is 41.4 Å². The molecule has 0 saturated heterocycles. The van der Waals surface area contributed by atoms with Crippen LogP contribution in [0.5, 0.6) is 0 Å². The first-order valence-corrected chi connectivity index (χ1v) is 9.93. The molecule has 4 rings (SSSR count). The van der Waals surface area contributed by atoms with Crippen molar-refractivity contribution in [1.82, 2.24) is 24.4 Å². The van der Waals surface area contributed by atoms with Gasteiger partial charge in [0, 0.05) is 11.9 Å². The standard InChI is InChI=1S/C20H16BrF3N6O/c1-11-4-3-5-13(6-11)9-29-10-14(8-25-29)27-19(31)17-16(21)18-26-12(2)7-15(20(22,23)24)30(18)28-17/h3-8,10H,9H2,1-2H3,(H,27,31). The monoisotopic (exact) mass is 492 g/mol. The Morgan fingerprint density at radius 1 is 1.23 bits per heavy atom. The zero-order valence-corrected chi connectivity index (χ0v) is 18.0. The van der Waals surface area contributed by atoms with Gasteiger partial charge >= 0.3 is 6.18 Å². The van der Waals surface area contributed by atoms with Crippen LogP contribution in [-0.4, -0.2) is 30.3 Å². The summed E-state index contributed by atoms with van der Waals surface area (Å²) in [6.07, 6.45) is -1.56. The Bertz CT molecular complexity index is 1290. The van der Waals surface area contributed by atoms with Crippen molar-refractivity contribution in [2.45, 2.75) is 26.6 Å². The van der Waals surface area contributed by atoms with Gasteiger partial charge in [-0.2, -0.15) is 23.4 Å². The fourth-order valence-corrected chi connectivity index (χ4v) is 3.68. The Morgan fingerprint density at radius 3 is 2.71 bits per heavy atom. The van der Waals surface area contributed by atoms with Gasteiger partial charge in [-0.25, -0.2) is 9.50 Å². The number of aryl methyl sites for hydroxylation is 2. The number of anilines is 1. The van der Waals surface area contributed by atoms with E-state index in [1.54, 1.807) is 10.9 Å². The van der Waals surface area contributed by atoms with Gasteiger partial charge < -0.3 is 5.32 Å². The summed E-state index contributed by atoms with van der Waals surface area (Å²) in [5, 5.41) is 10.7. The molecule has 7 nitrogen and oxygen atoms in total. The summed E-state index contributed by atoms with van der Waals surface area (Å²) < 4.78 is 42.5. The number of carbonyl (C=O) groups excluding carboxylic acids is 1. The van der Waals surface area contributed by atoms with E-state index < -0.39 is 17.8 Å². The highest BCUT2D eigenvalue weighted by Gasteiger charge is 2.36. The van der Waals surface area contributed by atoms with E-state index >= 15 is 0 Å². The van der Waals surface area contributed by atoms with Crippen LogP contribution in [0.3, 0.4) is 0 Å². The number of benzene rings is 1. The molecule has 0 radical (unpaired) electrons. The van der Waals surface area contributed by atoms with Gasteiger partial charge in [0.15, 0.2) is 11.3 Å². The van der Waals surface area contributed by atoms with E-state index in [0.29, 0.717) is 16.7 Å². The molecule has 0 aliphatic carbocycles. The topological polar surface area (TPSA) is 77.1 Å². The van der Waals surface area contributed by atoms with Crippen molar-refractivity contribution in [3.8, 4) is 0 Å². The Hall–Kier alpha value is -3.21. The van der Waals surface area contributed by atoms with Crippen LogP contribution >= 0.6 is 15.9 Å². The molecule has 0 unspecified atom stereocenters. The molecule has 31 heavy (non-hydrogen) atoms. The molecule has 0 bridgehead atoms. The van der Waals surface area contributed by atoms with Crippen LogP contribution in [0, 0.1) is 13.8 Å². The number of nitrogens with one attached hydrogen (secondary N) is 1. The first-order valence-electron chi connectivity index (χ1n) is 9.14. The average Bonchev–Trinajstić information content (AvgIpc) is 3.25. The number of carbonyl (C=O) groups is 1. The van der Waals surface area contributed by atoms with Crippen molar-refractivity contribution in [2.24, 2.45) is 0 Å². The summed E-state index contributed by atoms with van der Waals surface area (Å²) >= 11 is 3.16. The molecule has 1 N–H and O–H groups in total. The number of hydrogen-bond donors (Lipinski definition) is 1. The maximum absolute atomic E-state index is 13.4. The highest BCUT2D eigenvalue weighted by molar-refractivity contribution is 9.10. The van der Waals surface area contributed by atoms with Crippen LogP contribution in [0.2, 0.25) is 0 Å². The normalized spacial score (nSPS) is 11.8. The molecule has 1 amide bonds. The van der Waals surface area contributed by atoms with Gasteiger partial charge in [-0.1, -0.05) is 29.8 Å². The smallest absolute Gasteiger partial charge is 0.318 e. The third-order valence-corrected chi connectivity index (χ3v) is 5.21. The predicted octanol–water partition coefficient (Wildman–Crippen LogP) is 4.62. The van der Waals surface area contributed by atoms with Crippen LogP contribution in [0.25, 0.3) is 5.65 Å². The lowest BCUT2D eigenvalue weighted by Crippen LogP contribution is -2.15. The molecule has 0 saturated carbocycles. The third-order valence-electron chi connectivity index (χ3n) is 4.48. The minimum absolute atomic E-state index is 0.0753. The van der Waals surface area contributed by atoms with E-state index in [0.717, 1.165) is 17.2 Å². The van der Waals surface area contributed by atoms with Gasteiger partial charge in [0.05, 0.1) is 22.9 Å². The Kier molecular flexibility index (Phi) is 5.29. The highest BCUT2D eigenvalue weighted by Crippen LogP contribution is 2.32. The van der Waals surface area contributed by atoms with E-state index in [4.69, 9.17) is 0 Å². The Labute approximate surface area is 183 Å². The minimum Gasteiger partial charge on any atom is -0.318 e. The Morgan fingerprint density at radius 2 is 2.00 bits per heavy atom. The Balaban J connectivity index is 1.59. The molecule has 0 aliphatic heterocycles. The van der Waals surface area contributed by atoms with E-state index in [9.17, 15) is 18.0 Å². The molecule has 11 heteroatoms. The molecule has 3 aromatic heterocycles. The fraction of sp³-hybridized carbons (Fsp3) is 0.200. The van der Waals surface area contributed by atoms with E-state index in [2.05, 4.69) is 36.4 Å². The highest BCUT2D eigenvalue weighted by atomic mass is 79.9. The van der Waals surface area contributed by atoms with Crippen molar-refractivity contribution in [2.75, 3.05) is 5.32 Å². The molecular formula is C20H16BrF3N6O. The zero-order chi connectivity index (χ0) is 22.3. The van der Waals surface area contributed by atoms with Crippen molar-refractivity contribution in [1.29, 1.82) is 0 Å². The summed E-state index contributed by atoms with van der Waals surface area (Å²) in [7, 11) is 0. The molecule has 0 atom stereocenters. The minimum atomic E-state index is -4.65. The molecular weight excluding hydrogens is 477 g/mol. The fourth-order valence-electron chi connectivity index (χ4n) is 3.16. The van der Waals surface area contributed by atoms with Crippen LogP contribution in [0.4, 0.5) is 18.9 Å². The van der Waals surface area contributed by atoms with E-state index in [-0.39, 0.29) is 21.5 Å². The molecule has 0 aliphatic rings. The quantitative estimate of drug-likeness (QED) is 0.450. The van der Waals surface area contributed by atoms with Gasteiger partial charge in [0.25, 0.3) is 5.91 Å². The number of halogens is 4. The number of nitrogens with zero attached hydrogens (tertiary/aromatic N) is 5. The molecule has 3 heterocycles.